The zero-order valence-corrected chi connectivity index (χ0v) is 9.29. The second-order valence-corrected chi connectivity index (χ2v) is 3.82. The number of benzene rings is 1. The number of carbonyl (C=O) groups excluding carboxylic acids is 2. The van der Waals surface area contributed by atoms with Gasteiger partial charge in [0, 0.05) is 0 Å². The molecule has 0 bridgehead atoms. The molecule has 1 saturated heterocycles. The third-order valence-corrected chi connectivity index (χ3v) is 2.64. The number of fused-ring (bicyclic) bond motifs is 1. The van der Waals surface area contributed by atoms with E-state index in [9.17, 15) is 9.59 Å². The van der Waals surface area contributed by atoms with Crippen molar-refractivity contribution < 1.29 is 14.3 Å². The third-order valence-electron chi connectivity index (χ3n) is 2.64. The van der Waals surface area contributed by atoms with Gasteiger partial charge in [-0.2, -0.15) is 4.99 Å². The largest absolute Gasteiger partial charge is 0.473 e. The zero-order chi connectivity index (χ0) is 12.5. The monoisotopic (exact) mass is 246 g/mol. The standard InChI is InChI=1S/C11H10N4O3/c16-10-12-8-9(14-10)15(11(17)13-8)6-18-7-4-2-1-3-5-7/h1-5,8H,6H2,(H,12,16)(H,13,17). The Balaban J connectivity index is 1.71. The van der Waals surface area contributed by atoms with Gasteiger partial charge in [0.1, 0.15) is 5.75 Å². The van der Waals surface area contributed by atoms with Gasteiger partial charge in [0.05, 0.1) is 0 Å². The Hall–Kier alpha value is -2.57. The fraction of sp³-hybridized carbons (Fsp3) is 0.182. The smallest absolute Gasteiger partial charge is 0.344 e. The summed E-state index contributed by atoms with van der Waals surface area (Å²) in [7, 11) is 0. The molecular formula is C11H10N4O3. The van der Waals surface area contributed by atoms with Gasteiger partial charge in [-0.1, -0.05) is 18.2 Å². The molecule has 18 heavy (non-hydrogen) atoms. The molecule has 2 aliphatic rings. The summed E-state index contributed by atoms with van der Waals surface area (Å²) in [6.45, 7) is 0.0140. The number of hydrogen-bond acceptors (Lipinski definition) is 3. The van der Waals surface area contributed by atoms with Crippen molar-refractivity contribution in [2.75, 3.05) is 6.73 Å². The van der Waals surface area contributed by atoms with Gasteiger partial charge in [0.15, 0.2) is 18.7 Å². The van der Waals surface area contributed by atoms with Gasteiger partial charge in [-0.3, -0.25) is 0 Å². The van der Waals surface area contributed by atoms with Crippen LogP contribution in [0.3, 0.4) is 0 Å². The molecule has 0 radical (unpaired) electrons. The Labute approximate surface area is 102 Å². The van der Waals surface area contributed by atoms with Gasteiger partial charge >= 0.3 is 12.1 Å². The van der Waals surface area contributed by atoms with Gasteiger partial charge in [-0.25, -0.2) is 14.5 Å². The Morgan fingerprint density at radius 3 is 2.78 bits per heavy atom. The first kappa shape index (κ1) is 10.6. The Bertz CT molecular complexity index is 528. The van der Waals surface area contributed by atoms with E-state index in [1.165, 1.54) is 4.90 Å². The number of ether oxygens (including phenoxy) is 1. The molecule has 2 aliphatic heterocycles. The maximum atomic E-state index is 11.6. The molecule has 1 aromatic rings. The van der Waals surface area contributed by atoms with E-state index < -0.39 is 12.2 Å². The van der Waals surface area contributed by atoms with Crippen molar-refractivity contribution in [3.8, 4) is 5.75 Å². The molecule has 4 amide bonds. The minimum Gasteiger partial charge on any atom is -0.473 e. The summed E-state index contributed by atoms with van der Waals surface area (Å²) < 4.78 is 5.45. The summed E-state index contributed by atoms with van der Waals surface area (Å²) >= 11 is 0. The van der Waals surface area contributed by atoms with E-state index in [1.54, 1.807) is 12.1 Å². The van der Waals surface area contributed by atoms with E-state index in [0.29, 0.717) is 11.6 Å². The number of carbonyl (C=O) groups is 2. The van der Waals surface area contributed by atoms with Crippen molar-refractivity contribution in [1.29, 1.82) is 0 Å². The fourth-order valence-corrected chi connectivity index (χ4v) is 1.79. The normalized spacial score (nSPS) is 21.2. The quantitative estimate of drug-likeness (QED) is 0.814. The molecule has 3 rings (SSSR count). The van der Waals surface area contributed by atoms with Crippen LogP contribution in [0.1, 0.15) is 0 Å². The molecule has 1 fully saturated rings. The van der Waals surface area contributed by atoms with Crippen LogP contribution in [0.25, 0.3) is 0 Å². The predicted octanol–water partition coefficient (Wildman–Crippen LogP) is 0.496. The van der Waals surface area contributed by atoms with Crippen molar-refractivity contribution in [2.24, 2.45) is 4.99 Å². The van der Waals surface area contributed by atoms with Crippen LogP contribution in [0.4, 0.5) is 9.59 Å². The number of nitrogens with one attached hydrogen (secondary N) is 2. The second-order valence-electron chi connectivity index (χ2n) is 3.82. The minimum atomic E-state index is -0.538. The molecule has 7 heteroatoms. The van der Waals surface area contributed by atoms with Gasteiger partial charge < -0.3 is 15.4 Å². The second kappa shape index (κ2) is 4.02. The topological polar surface area (TPSA) is 83.0 Å². The summed E-state index contributed by atoms with van der Waals surface area (Å²) in [5.41, 5.74) is 0. The number of amidine groups is 1. The molecule has 2 N–H and O–H groups in total. The first-order valence-corrected chi connectivity index (χ1v) is 5.39. The SMILES string of the molecule is O=C1N=C2C(N1)NC(=O)N2COc1ccccc1. The van der Waals surface area contributed by atoms with Crippen molar-refractivity contribution >= 4 is 17.9 Å². The van der Waals surface area contributed by atoms with Crippen LogP contribution in [0, 0.1) is 0 Å². The minimum absolute atomic E-state index is 0.0140. The van der Waals surface area contributed by atoms with Crippen LogP contribution >= 0.6 is 0 Å². The van der Waals surface area contributed by atoms with Crippen LogP contribution in [-0.2, 0) is 0 Å². The first-order valence-electron chi connectivity index (χ1n) is 5.39. The van der Waals surface area contributed by atoms with Gasteiger partial charge in [0.2, 0.25) is 0 Å². The summed E-state index contributed by atoms with van der Waals surface area (Å²) in [5, 5.41) is 5.08. The van der Waals surface area contributed by atoms with E-state index in [0.717, 1.165) is 0 Å². The number of rotatable bonds is 3. The average molecular weight is 246 g/mol. The number of aliphatic imine (C=N–C) groups is 1. The first-order chi connectivity index (χ1) is 8.74. The molecule has 1 unspecified atom stereocenters. The highest BCUT2D eigenvalue weighted by Crippen LogP contribution is 2.14. The predicted molar refractivity (Wildman–Crippen MR) is 62.1 cm³/mol. The Kier molecular flexibility index (Phi) is 2.36. The summed E-state index contributed by atoms with van der Waals surface area (Å²) in [6.07, 6.45) is -0.538. The van der Waals surface area contributed by atoms with E-state index in [2.05, 4.69) is 15.6 Å². The highest BCUT2D eigenvalue weighted by Gasteiger charge is 2.41. The van der Waals surface area contributed by atoms with Gasteiger partial charge in [-0.15, -0.1) is 0 Å². The highest BCUT2D eigenvalue weighted by molar-refractivity contribution is 6.14. The van der Waals surface area contributed by atoms with E-state index >= 15 is 0 Å². The molecule has 0 saturated carbocycles. The number of hydrogen-bond donors (Lipinski definition) is 2. The summed E-state index contributed by atoms with van der Waals surface area (Å²) in [4.78, 5) is 27.7. The molecule has 0 aliphatic carbocycles. The molecule has 2 heterocycles. The van der Waals surface area contributed by atoms with Crippen LogP contribution < -0.4 is 15.4 Å². The van der Waals surface area contributed by atoms with Crippen molar-refractivity contribution in [2.45, 2.75) is 6.17 Å². The molecule has 7 nitrogen and oxygen atoms in total. The third kappa shape index (κ3) is 1.75. The summed E-state index contributed by atoms with van der Waals surface area (Å²) in [5.74, 6) is 0.993. The lowest BCUT2D eigenvalue weighted by Crippen LogP contribution is -2.39. The van der Waals surface area contributed by atoms with Gasteiger partial charge in [0.25, 0.3) is 0 Å². The van der Waals surface area contributed by atoms with E-state index in [1.807, 2.05) is 18.2 Å². The molecule has 1 atom stereocenters. The molecule has 0 aromatic heterocycles. The van der Waals surface area contributed by atoms with Crippen molar-refractivity contribution in [3.05, 3.63) is 30.3 Å². The van der Waals surface area contributed by atoms with E-state index in [4.69, 9.17) is 4.74 Å². The zero-order valence-electron chi connectivity index (χ0n) is 9.29. The summed E-state index contributed by atoms with van der Waals surface area (Å²) in [6, 6.07) is 8.31. The maximum absolute atomic E-state index is 11.6. The number of nitrogens with zero attached hydrogens (tertiary/aromatic N) is 2. The Morgan fingerprint density at radius 1 is 1.22 bits per heavy atom. The van der Waals surface area contributed by atoms with Crippen molar-refractivity contribution in [1.82, 2.24) is 15.5 Å². The highest BCUT2D eigenvalue weighted by atomic mass is 16.5. The maximum Gasteiger partial charge on any atom is 0.344 e. The number of amides is 4. The van der Waals surface area contributed by atoms with Crippen LogP contribution in [-0.4, -0.2) is 35.7 Å². The van der Waals surface area contributed by atoms with Crippen molar-refractivity contribution in [3.63, 3.8) is 0 Å². The lowest BCUT2D eigenvalue weighted by molar-refractivity contribution is 0.185. The molecule has 0 spiro atoms. The Morgan fingerprint density at radius 2 is 2.00 bits per heavy atom. The lowest BCUT2D eigenvalue weighted by Gasteiger charge is -2.14. The molecular weight excluding hydrogens is 236 g/mol. The molecule has 1 aromatic carbocycles. The fourth-order valence-electron chi connectivity index (χ4n) is 1.79. The average Bonchev–Trinajstić information content (AvgIpc) is 2.84. The van der Waals surface area contributed by atoms with Crippen LogP contribution in [0.5, 0.6) is 5.75 Å². The van der Waals surface area contributed by atoms with Gasteiger partial charge in [-0.05, 0) is 12.1 Å². The van der Waals surface area contributed by atoms with Crippen LogP contribution in [0.15, 0.2) is 35.3 Å². The molecule has 92 valence electrons. The number of urea groups is 2. The van der Waals surface area contributed by atoms with Crippen LogP contribution in [0.2, 0.25) is 0 Å². The lowest BCUT2D eigenvalue weighted by atomic mass is 10.3. The number of para-hydroxylation sites is 1. The van der Waals surface area contributed by atoms with E-state index in [-0.39, 0.29) is 12.8 Å².